The third kappa shape index (κ3) is 4.97. The first-order chi connectivity index (χ1) is 27.3. The van der Waals surface area contributed by atoms with Gasteiger partial charge in [0.05, 0.1) is 16.6 Å². The van der Waals surface area contributed by atoms with Crippen molar-refractivity contribution in [2.24, 2.45) is 0 Å². The van der Waals surface area contributed by atoms with Gasteiger partial charge in [-0.2, -0.15) is 9.97 Å². The monoisotopic (exact) mass is 707 g/mol. The highest BCUT2D eigenvalue weighted by Gasteiger charge is 2.28. The highest BCUT2D eigenvalue weighted by atomic mass is 15.2. The Balaban J connectivity index is 1.30. The zero-order valence-corrected chi connectivity index (χ0v) is 29.8. The van der Waals surface area contributed by atoms with Crippen molar-refractivity contribution in [3.8, 4) is 45.8 Å². The predicted octanol–water partition coefficient (Wildman–Crippen LogP) is 11.5. The van der Waals surface area contributed by atoms with Crippen molar-refractivity contribution in [1.82, 2.24) is 33.6 Å². The minimum absolute atomic E-state index is 0.563. The third-order valence-corrected chi connectivity index (χ3v) is 10.5. The first-order valence-electron chi connectivity index (χ1n) is 18.7. The summed E-state index contributed by atoms with van der Waals surface area (Å²) < 4.78 is 6.89. The summed E-state index contributed by atoms with van der Waals surface area (Å²) in [7, 11) is 0. The van der Waals surface area contributed by atoms with E-state index < -0.39 is 0 Å². The van der Waals surface area contributed by atoms with Gasteiger partial charge in [0.1, 0.15) is 11.3 Å². The lowest BCUT2D eigenvalue weighted by atomic mass is 10.1. The average molecular weight is 708 g/mol. The molecule has 0 amide bonds. The lowest BCUT2D eigenvalue weighted by Crippen LogP contribution is -2.06. The molecule has 260 valence electrons. The van der Waals surface area contributed by atoms with Crippen molar-refractivity contribution in [3.05, 3.63) is 176 Å². The van der Waals surface area contributed by atoms with Gasteiger partial charge in [-0.05, 0) is 49.2 Å². The molecule has 7 heteroatoms. The fourth-order valence-electron chi connectivity index (χ4n) is 8.13. The second-order valence-electron chi connectivity index (χ2n) is 13.8. The molecular weight excluding hydrogens is 675 g/mol. The number of rotatable bonds is 6. The number of nitrogens with zero attached hydrogens (tertiary/aromatic N) is 7. The molecule has 1 aliphatic carbocycles. The molecule has 10 aromatic rings. The van der Waals surface area contributed by atoms with Crippen molar-refractivity contribution in [3.63, 3.8) is 0 Å². The van der Waals surface area contributed by atoms with Crippen LogP contribution in [0.3, 0.4) is 0 Å². The molecule has 7 nitrogen and oxygen atoms in total. The fraction of sp³-hybridized carbons (Fsp3) is 0.0417. The summed E-state index contributed by atoms with van der Waals surface area (Å²) in [4.78, 5) is 20.9. The number of allylic oxidation sites excluding steroid dienone is 4. The van der Waals surface area contributed by atoms with Gasteiger partial charge in [0.15, 0.2) is 17.3 Å². The number of benzene rings is 6. The minimum atomic E-state index is 0.563. The van der Waals surface area contributed by atoms with Gasteiger partial charge >= 0.3 is 0 Å². The van der Waals surface area contributed by atoms with Crippen LogP contribution in [0.4, 0.5) is 0 Å². The molecule has 0 N–H and O–H groups in total. The van der Waals surface area contributed by atoms with Gasteiger partial charge in [-0.3, -0.25) is 13.7 Å². The van der Waals surface area contributed by atoms with E-state index in [2.05, 4.69) is 129 Å². The number of imidazole rings is 1. The molecule has 1 aliphatic rings. The number of para-hydroxylation sites is 2. The molecule has 55 heavy (non-hydrogen) atoms. The first kappa shape index (κ1) is 31.2. The summed E-state index contributed by atoms with van der Waals surface area (Å²) in [5, 5.41) is 3.36. The van der Waals surface area contributed by atoms with Gasteiger partial charge in [-0.15, -0.1) is 0 Å². The van der Waals surface area contributed by atoms with Crippen LogP contribution in [0.5, 0.6) is 0 Å². The molecule has 0 unspecified atom stereocenters. The zero-order valence-electron chi connectivity index (χ0n) is 29.8. The van der Waals surface area contributed by atoms with Crippen LogP contribution < -0.4 is 0 Å². The van der Waals surface area contributed by atoms with Crippen LogP contribution in [0.15, 0.2) is 176 Å². The van der Waals surface area contributed by atoms with E-state index in [1.165, 1.54) is 0 Å². The lowest BCUT2D eigenvalue weighted by Gasteiger charge is -2.14. The smallest absolute Gasteiger partial charge is 0.238 e. The summed E-state index contributed by atoms with van der Waals surface area (Å²) in [6.07, 6.45) is 8.84. The summed E-state index contributed by atoms with van der Waals surface area (Å²) in [5.74, 6) is 2.72. The van der Waals surface area contributed by atoms with Crippen molar-refractivity contribution in [2.45, 2.75) is 12.8 Å². The molecule has 0 saturated carbocycles. The Hall–Kier alpha value is -7.38. The van der Waals surface area contributed by atoms with E-state index >= 15 is 0 Å². The molecule has 4 aromatic heterocycles. The number of hydrogen-bond donors (Lipinski definition) is 0. The van der Waals surface area contributed by atoms with Crippen molar-refractivity contribution >= 4 is 49.6 Å². The maximum atomic E-state index is 5.53. The molecule has 0 bridgehead atoms. The quantitative estimate of drug-likeness (QED) is 0.173. The Kier molecular flexibility index (Phi) is 7.16. The molecule has 0 saturated heterocycles. The standard InChI is InChI=1S/C48H33N7/c1-6-18-32(19-7-1)44-49-45(33-20-8-2-9-21-33)51-48(50-44)55-38-29-17-16-28-37(38)41-39(55)30-31-40-42(41)43-47(53(40)35-24-12-4-13-25-35)52-46(34-22-10-3-11-23-34)54(43)36-26-14-5-15-27-36/h1-4,6-14,16-31H,5,15H2. The Bertz CT molecular complexity index is 3060. The van der Waals surface area contributed by atoms with Gasteiger partial charge in [0.25, 0.3) is 0 Å². The second kappa shape index (κ2) is 12.6. The summed E-state index contributed by atoms with van der Waals surface area (Å²) in [6.45, 7) is 0. The first-order valence-corrected chi connectivity index (χ1v) is 18.7. The van der Waals surface area contributed by atoms with Crippen LogP contribution in [0.25, 0.3) is 95.4 Å². The Morgan fingerprint density at radius 3 is 1.65 bits per heavy atom. The molecule has 0 atom stereocenters. The number of aromatic nitrogens is 7. The SMILES string of the molecule is C1=CC(n2c(-c3ccccc3)nc3c2c2c4c5ccccc5n(-c5nc(-c6ccccc6)nc(-c6ccccc6)n5)c4ccc2n3-c2ccccc2)=CCC1. The van der Waals surface area contributed by atoms with Crippen LogP contribution in [-0.2, 0) is 0 Å². The molecule has 0 radical (unpaired) electrons. The van der Waals surface area contributed by atoms with Crippen molar-refractivity contribution < 1.29 is 0 Å². The molecule has 4 heterocycles. The van der Waals surface area contributed by atoms with Crippen LogP contribution in [0, 0.1) is 0 Å². The molecule has 0 fully saturated rings. The van der Waals surface area contributed by atoms with E-state index in [9.17, 15) is 0 Å². The molecule has 6 aromatic carbocycles. The molecular formula is C48H33N7. The number of fused-ring (bicyclic) bond motifs is 7. The predicted molar refractivity (Wildman–Crippen MR) is 223 cm³/mol. The van der Waals surface area contributed by atoms with Crippen LogP contribution in [0.2, 0.25) is 0 Å². The molecule has 11 rings (SSSR count). The summed E-state index contributed by atoms with van der Waals surface area (Å²) in [5.41, 5.74) is 10.2. The summed E-state index contributed by atoms with van der Waals surface area (Å²) >= 11 is 0. The van der Waals surface area contributed by atoms with Crippen molar-refractivity contribution in [1.29, 1.82) is 0 Å². The highest BCUT2D eigenvalue weighted by Crippen LogP contribution is 2.44. The van der Waals surface area contributed by atoms with Gasteiger partial charge in [-0.1, -0.05) is 140 Å². The maximum Gasteiger partial charge on any atom is 0.238 e. The van der Waals surface area contributed by atoms with E-state index in [1.54, 1.807) is 0 Å². The van der Waals surface area contributed by atoms with Gasteiger partial charge in [-0.25, -0.2) is 9.97 Å². The van der Waals surface area contributed by atoms with E-state index in [0.29, 0.717) is 17.6 Å². The van der Waals surface area contributed by atoms with Gasteiger partial charge in [0.2, 0.25) is 5.95 Å². The minimum Gasteiger partial charge on any atom is -0.293 e. The van der Waals surface area contributed by atoms with E-state index in [0.717, 1.165) is 90.6 Å². The third-order valence-electron chi connectivity index (χ3n) is 10.5. The Morgan fingerprint density at radius 1 is 0.436 bits per heavy atom. The molecule has 0 aliphatic heterocycles. The Labute approximate surface area is 316 Å². The average Bonchev–Trinajstić information content (AvgIpc) is 3.92. The normalized spacial score (nSPS) is 13.0. The Morgan fingerprint density at radius 2 is 1.02 bits per heavy atom. The second-order valence-corrected chi connectivity index (χ2v) is 13.8. The van der Waals surface area contributed by atoms with Gasteiger partial charge < -0.3 is 0 Å². The largest absolute Gasteiger partial charge is 0.293 e. The molecule has 0 spiro atoms. The van der Waals surface area contributed by atoms with Gasteiger partial charge in [0, 0.05) is 44.2 Å². The van der Waals surface area contributed by atoms with Crippen LogP contribution in [-0.4, -0.2) is 33.6 Å². The highest BCUT2D eigenvalue weighted by molar-refractivity contribution is 6.28. The van der Waals surface area contributed by atoms with E-state index in [1.807, 2.05) is 60.7 Å². The summed E-state index contributed by atoms with van der Waals surface area (Å²) in [6, 6.07) is 54.4. The number of hydrogen-bond acceptors (Lipinski definition) is 4. The van der Waals surface area contributed by atoms with Crippen molar-refractivity contribution in [2.75, 3.05) is 0 Å². The van der Waals surface area contributed by atoms with E-state index in [-0.39, 0.29) is 0 Å². The van der Waals surface area contributed by atoms with Crippen LogP contribution in [0.1, 0.15) is 12.8 Å². The van der Waals surface area contributed by atoms with E-state index in [4.69, 9.17) is 19.9 Å². The zero-order chi connectivity index (χ0) is 36.3. The van der Waals surface area contributed by atoms with Crippen LogP contribution >= 0.6 is 0 Å². The fourth-order valence-corrected chi connectivity index (χ4v) is 8.13. The maximum absolute atomic E-state index is 5.53. The lowest BCUT2D eigenvalue weighted by molar-refractivity contribution is 0.953. The topological polar surface area (TPSA) is 66.3 Å².